The molecule has 0 aromatic heterocycles. The Balaban J connectivity index is 2.69. The van der Waals surface area contributed by atoms with Crippen molar-refractivity contribution in [3.8, 4) is 0 Å². The Kier molecular flexibility index (Phi) is 6.13. The van der Waals surface area contributed by atoms with Gasteiger partial charge in [-0.1, -0.05) is 13.8 Å². The highest BCUT2D eigenvalue weighted by molar-refractivity contribution is 6.06. The number of rotatable bonds is 7. The Morgan fingerprint density at radius 3 is 2.40 bits per heavy atom. The number of likely N-dealkylation sites (N-methyl/N-ethyl adjacent to an activating group) is 1. The first kappa shape index (κ1) is 16.6. The second-order valence-electron chi connectivity index (χ2n) is 5.11. The maximum Gasteiger partial charge on any atom is 0.247 e. The molecular weight excluding hydrogens is 258 g/mol. The van der Waals surface area contributed by atoms with E-state index in [2.05, 4.69) is 10.6 Å². The standard InChI is InChI=1S/C14H25N3O3/c1-5-10(6-2)17-12(18)8-11(14(17)20)16-9(4)13(19)15-7-3/h9-11,16H,5-8H2,1-4H3,(H,15,19). The molecule has 1 heterocycles. The summed E-state index contributed by atoms with van der Waals surface area (Å²) >= 11 is 0. The zero-order valence-corrected chi connectivity index (χ0v) is 12.7. The van der Waals surface area contributed by atoms with E-state index in [1.165, 1.54) is 4.90 Å². The molecule has 6 nitrogen and oxygen atoms in total. The smallest absolute Gasteiger partial charge is 0.247 e. The van der Waals surface area contributed by atoms with Crippen molar-refractivity contribution >= 4 is 17.7 Å². The molecule has 2 atom stereocenters. The van der Waals surface area contributed by atoms with E-state index in [9.17, 15) is 14.4 Å². The largest absolute Gasteiger partial charge is 0.355 e. The number of hydrogen-bond donors (Lipinski definition) is 2. The highest BCUT2D eigenvalue weighted by Crippen LogP contribution is 2.20. The van der Waals surface area contributed by atoms with Gasteiger partial charge < -0.3 is 5.32 Å². The van der Waals surface area contributed by atoms with Crippen LogP contribution in [0.2, 0.25) is 0 Å². The van der Waals surface area contributed by atoms with E-state index in [1.807, 2.05) is 20.8 Å². The minimum Gasteiger partial charge on any atom is -0.355 e. The van der Waals surface area contributed by atoms with Crippen molar-refractivity contribution in [2.24, 2.45) is 0 Å². The molecule has 6 heteroatoms. The highest BCUT2D eigenvalue weighted by Gasteiger charge is 2.42. The van der Waals surface area contributed by atoms with Crippen LogP contribution in [0.25, 0.3) is 0 Å². The number of carbonyl (C=O) groups excluding carboxylic acids is 3. The van der Waals surface area contributed by atoms with E-state index in [0.29, 0.717) is 6.54 Å². The summed E-state index contributed by atoms with van der Waals surface area (Å²) in [7, 11) is 0. The van der Waals surface area contributed by atoms with Crippen LogP contribution in [0.5, 0.6) is 0 Å². The number of imide groups is 1. The molecule has 0 bridgehead atoms. The number of hydrogen-bond acceptors (Lipinski definition) is 4. The molecule has 114 valence electrons. The van der Waals surface area contributed by atoms with E-state index >= 15 is 0 Å². The van der Waals surface area contributed by atoms with Crippen LogP contribution >= 0.6 is 0 Å². The number of nitrogens with zero attached hydrogens (tertiary/aromatic N) is 1. The lowest BCUT2D eigenvalue weighted by atomic mass is 10.1. The van der Waals surface area contributed by atoms with Crippen LogP contribution in [0.3, 0.4) is 0 Å². The van der Waals surface area contributed by atoms with Gasteiger partial charge in [0.15, 0.2) is 0 Å². The van der Waals surface area contributed by atoms with Crippen molar-refractivity contribution in [3.05, 3.63) is 0 Å². The Bertz CT molecular complexity index is 380. The van der Waals surface area contributed by atoms with Crippen molar-refractivity contribution in [1.29, 1.82) is 0 Å². The molecule has 0 aliphatic carbocycles. The van der Waals surface area contributed by atoms with Gasteiger partial charge in [-0.3, -0.25) is 24.6 Å². The molecule has 1 fully saturated rings. The van der Waals surface area contributed by atoms with Crippen LogP contribution < -0.4 is 10.6 Å². The van der Waals surface area contributed by atoms with Crippen molar-refractivity contribution in [1.82, 2.24) is 15.5 Å². The Hall–Kier alpha value is -1.43. The summed E-state index contributed by atoms with van der Waals surface area (Å²) in [6, 6.07) is -1.11. The quantitative estimate of drug-likeness (QED) is 0.664. The van der Waals surface area contributed by atoms with Crippen molar-refractivity contribution in [2.75, 3.05) is 6.54 Å². The second-order valence-corrected chi connectivity index (χ2v) is 5.11. The minimum absolute atomic E-state index is 0.0402. The summed E-state index contributed by atoms with van der Waals surface area (Å²) in [6.45, 7) is 8.01. The van der Waals surface area contributed by atoms with E-state index in [0.717, 1.165) is 12.8 Å². The van der Waals surface area contributed by atoms with Gasteiger partial charge in [-0.25, -0.2) is 0 Å². The average Bonchev–Trinajstić information content (AvgIpc) is 2.68. The zero-order valence-electron chi connectivity index (χ0n) is 12.7. The fourth-order valence-corrected chi connectivity index (χ4v) is 2.52. The van der Waals surface area contributed by atoms with Crippen LogP contribution in [0.15, 0.2) is 0 Å². The predicted molar refractivity (Wildman–Crippen MR) is 75.9 cm³/mol. The molecule has 2 N–H and O–H groups in total. The lowest BCUT2D eigenvalue weighted by Crippen LogP contribution is -2.50. The van der Waals surface area contributed by atoms with Gasteiger partial charge >= 0.3 is 0 Å². The van der Waals surface area contributed by atoms with E-state index in [4.69, 9.17) is 0 Å². The molecule has 20 heavy (non-hydrogen) atoms. The van der Waals surface area contributed by atoms with E-state index in [-0.39, 0.29) is 30.2 Å². The summed E-state index contributed by atoms with van der Waals surface area (Å²) in [5.41, 5.74) is 0. The van der Waals surface area contributed by atoms with Gasteiger partial charge in [0.25, 0.3) is 0 Å². The molecule has 2 unspecified atom stereocenters. The molecular formula is C14H25N3O3. The molecule has 1 aliphatic rings. The van der Waals surface area contributed by atoms with E-state index in [1.54, 1.807) is 6.92 Å². The number of nitrogens with one attached hydrogen (secondary N) is 2. The highest BCUT2D eigenvalue weighted by atomic mass is 16.2. The average molecular weight is 283 g/mol. The zero-order chi connectivity index (χ0) is 15.3. The van der Waals surface area contributed by atoms with Gasteiger partial charge in [-0.2, -0.15) is 0 Å². The van der Waals surface area contributed by atoms with Crippen LogP contribution in [0, 0.1) is 0 Å². The third kappa shape index (κ3) is 3.56. The molecule has 0 saturated carbocycles. The fraction of sp³-hybridized carbons (Fsp3) is 0.786. The van der Waals surface area contributed by atoms with Gasteiger partial charge in [-0.15, -0.1) is 0 Å². The van der Waals surface area contributed by atoms with Crippen LogP contribution in [-0.4, -0.2) is 47.3 Å². The number of amides is 3. The molecule has 1 rings (SSSR count). The molecule has 1 saturated heterocycles. The lowest BCUT2D eigenvalue weighted by Gasteiger charge is -2.25. The van der Waals surface area contributed by atoms with Gasteiger partial charge in [-0.05, 0) is 26.7 Å². The number of likely N-dealkylation sites (tertiary alicyclic amines) is 1. The minimum atomic E-state index is -0.583. The lowest BCUT2D eigenvalue weighted by molar-refractivity contribution is -0.141. The van der Waals surface area contributed by atoms with Gasteiger partial charge in [0.1, 0.15) is 0 Å². The van der Waals surface area contributed by atoms with Crippen LogP contribution in [-0.2, 0) is 14.4 Å². The van der Waals surface area contributed by atoms with Crippen molar-refractivity contribution < 1.29 is 14.4 Å². The fourth-order valence-electron chi connectivity index (χ4n) is 2.52. The summed E-state index contributed by atoms with van der Waals surface area (Å²) in [6.07, 6.45) is 1.65. The first-order valence-electron chi connectivity index (χ1n) is 7.35. The maximum atomic E-state index is 12.3. The summed E-state index contributed by atoms with van der Waals surface area (Å²) in [5.74, 6) is -0.516. The Morgan fingerprint density at radius 2 is 1.90 bits per heavy atom. The molecule has 0 aromatic carbocycles. The number of carbonyl (C=O) groups is 3. The second kappa shape index (κ2) is 7.38. The van der Waals surface area contributed by atoms with Crippen LogP contribution in [0.1, 0.15) is 47.0 Å². The normalized spacial score (nSPS) is 20.6. The van der Waals surface area contributed by atoms with Gasteiger partial charge in [0.05, 0.1) is 18.5 Å². The van der Waals surface area contributed by atoms with E-state index < -0.39 is 12.1 Å². The Morgan fingerprint density at radius 1 is 1.30 bits per heavy atom. The summed E-state index contributed by atoms with van der Waals surface area (Å²) in [5, 5.41) is 5.64. The molecule has 1 aliphatic heterocycles. The molecule has 0 aromatic rings. The first-order chi connectivity index (χ1) is 9.46. The summed E-state index contributed by atoms with van der Waals surface area (Å²) < 4.78 is 0. The SMILES string of the molecule is CCNC(=O)C(C)NC1CC(=O)N(C(CC)CC)C1=O. The van der Waals surface area contributed by atoms with Gasteiger partial charge in [0.2, 0.25) is 17.7 Å². The van der Waals surface area contributed by atoms with Gasteiger partial charge in [0, 0.05) is 12.6 Å². The molecule has 0 spiro atoms. The maximum absolute atomic E-state index is 12.3. The molecule has 3 amide bonds. The van der Waals surface area contributed by atoms with Crippen molar-refractivity contribution in [3.63, 3.8) is 0 Å². The topological polar surface area (TPSA) is 78.5 Å². The third-order valence-electron chi connectivity index (χ3n) is 3.69. The van der Waals surface area contributed by atoms with Crippen molar-refractivity contribution in [2.45, 2.75) is 65.1 Å². The first-order valence-corrected chi connectivity index (χ1v) is 7.35. The Labute approximate surface area is 120 Å². The summed E-state index contributed by atoms with van der Waals surface area (Å²) in [4.78, 5) is 37.3. The molecule has 0 radical (unpaired) electrons. The monoisotopic (exact) mass is 283 g/mol. The third-order valence-corrected chi connectivity index (χ3v) is 3.69. The predicted octanol–water partition coefficient (Wildman–Crippen LogP) is 0.417. The van der Waals surface area contributed by atoms with Crippen LogP contribution in [0.4, 0.5) is 0 Å².